The molecule has 0 bridgehead atoms. The summed E-state index contributed by atoms with van der Waals surface area (Å²) in [6.45, 7) is 1.76. The van der Waals surface area contributed by atoms with Crippen LogP contribution in [0.4, 0.5) is 11.4 Å². The number of hydrogen-bond donors (Lipinski definition) is 1. The molecule has 2 aromatic carbocycles. The Morgan fingerprint density at radius 2 is 1.48 bits per heavy atom. The zero-order chi connectivity index (χ0) is 20.6. The summed E-state index contributed by atoms with van der Waals surface area (Å²) in [6.07, 6.45) is 1.52. The van der Waals surface area contributed by atoms with Crippen molar-refractivity contribution in [2.75, 3.05) is 20.9 Å². The summed E-state index contributed by atoms with van der Waals surface area (Å²) in [7, 11) is -12.1. The van der Waals surface area contributed by atoms with Crippen LogP contribution in [0.5, 0.6) is 0 Å². The van der Waals surface area contributed by atoms with E-state index in [4.69, 9.17) is 0 Å². The van der Waals surface area contributed by atoms with Gasteiger partial charge in [0.25, 0.3) is 10.0 Å². The van der Waals surface area contributed by atoms with E-state index in [0.717, 1.165) is 18.1 Å². The minimum atomic E-state index is -4.12. The van der Waals surface area contributed by atoms with Gasteiger partial charge in [0.2, 0.25) is 20.0 Å². The predicted octanol–water partition coefficient (Wildman–Crippen LogP) is 2.28. The molecule has 0 saturated heterocycles. The average Bonchev–Trinajstić information content (AvgIpc) is 2.47. The maximum Gasteiger partial charge on any atom is 0.261 e. The van der Waals surface area contributed by atoms with Gasteiger partial charge in [0.15, 0.2) is 0 Å². The highest BCUT2D eigenvalue weighted by Crippen LogP contribution is 2.33. The molecule has 0 spiro atoms. The molecule has 0 amide bonds. The molecule has 0 atom stereocenters. The molecular weight excluding hydrogens is 480 g/mol. The third-order valence-electron chi connectivity index (χ3n) is 3.30. The lowest BCUT2D eigenvalue weighted by Crippen LogP contribution is -2.35. The zero-order valence-corrected chi connectivity index (χ0v) is 18.6. The quantitative estimate of drug-likeness (QED) is 0.655. The first-order valence-electron chi connectivity index (χ1n) is 7.31. The molecule has 2 aromatic rings. The van der Waals surface area contributed by atoms with E-state index in [1.807, 2.05) is 0 Å². The van der Waals surface area contributed by atoms with E-state index in [1.165, 1.54) is 30.3 Å². The second-order valence-electron chi connectivity index (χ2n) is 5.81. The standard InChI is InChI=1S/C15H17BrN2O6S3/c1-11-5-4-6-13(9-11)27(23,24)17-12-7-8-15(14(16)10-12)18(25(2,19)20)26(3,21)22/h4-10,17H,1-3H3. The third-order valence-corrected chi connectivity index (χ3v) is 8.54. The molecule has 0 unspecified atom stereocenters. The van der Waals surface area contributed by atoms with Crippen LogP contribution in [-0.2, 0) is 30.1 Å². The Labute approximate surface area is 167 Å². The second-order valence-corrected chi connectivity index (χ2v) is 12.2. The van der Waals surface area contributed by atoms with Gasteiger partial charge in [-0.1, -0.05) is 12.1 Å². The molecule has 0 aliphatic rings. The predicted molar refractivity (Wildman–Crippen MR) is 108 cm³/mol. The van der Waals surface area contributed by atoms with Gasteiger partial charge in [0.1, 0.15) is 0 Å². The largest absolute Gasteiger partial charge is 0.280 e. The summed E-state index contributed by atoms with van der Waals surface area (Å²) in [5, 5.41) is 0. The third kappa shape index (κ3) is 5.21. The fraction of sp³-hybridized carbons (Fsp3) is 0.200. The highest BCUT2D eigenvalue weighted by Gasteiger charge is 2.29. The van der Waals surface area contributed by atoms with Crippen molar-refractivity contribution in [3.63, 3.8) is 0 Å². The molecule has 0 saturated carbocycles. The van der Waals surface area contributed by atoms with Crippen LogP contribution in [0, 0.1) is 6.92 Å². The number of benzene rings is 2. The van der Waals surface area contributed by atoms with Crippen molar-refractivity contribution in [2.45, 2.75) is 11.8 Å². The Bertz CT molecular complexity index is 1160. The van der Waals surface area contributed by atoms with Gasteiger partial charge in [0, 0.05) is 4.47 Å². The molecule has 2 rings (SSSR count). The van der Waals surface area contributed by atoms with E-state index < -0.39 is 30.1 Å². The first kappa shape index (κ1) is 21.7. The van der Waals surface area contributed by atoms with Crippen LogP contribution in [0.25, 0.3) is 0 Å². The maximum absolute atomic E-state index is 12.5. The number of halogens is 1. The number of hydrogen-bond acceptors (Lipinski definition) is 6. The van der Waals surface area contributed by atoms with Crippen LogP contribution in [-0.4, -0.2) is 37.8 Å². The van der Waals surface area contributed by atoms with E-state index in [-0.39, 0.29) is 24.5 Å². The van der Waals surface area contributed by atoms with Crippen LogP contribution in [0.3, 0.4) is 0 Å². The summed E-state index contributed by atoms with van der Waals surface area (Å²) in [4.78, 5) is 0.0663. The van der Waals surface area contributed by atoms with Crippen molar-refractivity contribution in [3.8, 4) is 0 Å². The number of aryl methyl sites for hydroxylation is 1. The smallest absolute Gasteiger partial charge is 0.261 e. The Morgan fingerprint density at radius 3 is 1.96 bits per heavy atom. The van der Waals surface area contributed by atoms with Gasteiger partial charge < -0.3 is 0 Å². The van der Waals surface area contributed by atoms with E-state index in [2.05, 4.69) is 20.7 Å². The lowest BCUT2D eigenvalue weighted by atomic mass is 10.2. The van der Waals surface area contributed by atoms with Crippen molar-refractivity contribution >= 4 is 57.4 Å². The van der Waals surface area contributed by atoms with E-state index >= 15 is 0 Å². The normalized spacial score (nSPS) is 12.6. The van der Waals surface area contributed by atoms with E-state index in [0.29, 0.717) is 0 Å². The van der Waals surface area contributed by atoms with Gasteiger partial charge in [0.05, 0.1) is 28.8 Å². The number of anilines is 2. The van der Waals surface area contributed by atoms with E-state index in [9.17, 15) is 25.3 Å². The van der Waals surface area contributed by atoms with Crippen molar-refractivity contribution < 1.29 is 25.3 Å². The fourth-order valence-corrected chi connectivity index (χ4v) is 7.26. The van der Waals surface area contributed by atoms with Gasteiger partial charge >= 0.3 is 0 Å². The maximum atomic E-state index is 12.5. The monoisotopic (exact) mass is 496 g/mol. The lowest BCUT2D eigenvalue weighted by molar-refractivity contribution is 0.590. The summed E-state index contributed by atoms with van der Waals surface area (Å²) in [6, 6.07) is 10.1. The molecule has 1 N–H and O–H groups in total. The molecule has 12 heteroatoms. The molecule has 8 nitrogen and oxygen atoms in total. The molecule has 148 valence electrons. The number of nitrogens with one attached hydrogen (secondary N) is 1. The zero-order valence-electron chi connectivity index (χ0n) is 14.5. The summed E-state index contributed by atoms with van der Waals surface area (Å²) in [5.41, 5.74) is 0.749. The molecule has 0 radical (unpaired) electrons. The molecule has 27 heavy (non-hydrogen) atoms. The Hall–Kier alpha value is -1.63. The number of nitrogens with zero attached hydrogens (tertiary/aromatic N) is 1. The SMILES string of the molecule is Cc1cccc(S(=O)(=O)Nc2ccc(N(S(C)(=O)=O)S(C)(=O)=O)c(Br)c2)c1. The second kappa shape index (κ2) is 7.41. The topological polar surface area (TPSA) is 118 Å². The number of rotatable bonds is 6. The van der Waals surface area contributed by atoms with Crippen molar-refractivity contribution in [3.05, 3.63) is 52.5 Å². The molecule has 0 heterocycles. The summed E-state index contributed by atoms with van der Waals surface area (Å²) in [5.74, 6) is 0. The first-order chi connectivity index (χ1) is 12.2. The summed E-state index contributed by atoms with van der Waals surface area (Å²) >= 11 is 3.10. The van der Waals surface area contributed by atoms with Crippen LogP contribution in [0.15, 0.2) is 51.8 Å². The molecule has 0 aliphatic carbocycles. The fourth-order valence-electron chi connectivity index (χ4n) is 2.32. The van der Waals surface area contributed by atoms with Crippen LogP contribution < -0.4 is 8.43 Å². The minimum Gasteiger partial charge on any atom is -0.280 e. The average molecular weight is 497 g/mol. The van der Waals surface area contributed by atoms with Gasteiger partial charge in [-0.05, 0) is 58.7 Å². The van der Waals surface area contributed by atoms with E-state index in [1.54, 1.807) is 19.1 Å². The highest BCUT2D eigenvalue weighted by molar-refractivity contribution is 9.10. The molecule has 0 aromatic heterocycles. The van der Waals surface area contributed by atoms with Crippen molar-refractivity contribution in [2.24, 2.45) is 0 Å². The molecular formula is C15H17BrN2O6S3. The van der Waals surface area contributed by atoms with Crippen LogP contribution in [0.1, 0.15) is 5.56 Å². The van der Waals surface area contributed by atoms with Gasteiger partial charge in [-0.15, -0.1) is 0 Å². The van der Waals surface area contributed by atoms with Crippen LogP contribution in [0.2, 0.25) is 0 Å². The van der Waals surface area contributed by atoms with Crippen molar-refractivity contribution in [1.29, 1.82) is 0 Å². The van der Waals surface area contributed by atoms with Gasteiger partial charge in [-0.2, -0.15) is 3.71 Å². The Morgan fingerprint density at radius 1 is 0.889 bits per heavy atom. The molecule has 0 aliphatic heterocycles. The highest BCUT2D eigenvalue weighted by atomic mass is 79.9. The first-order valence-corrected chi connectivity index (χ1v) is 13.3. The minimum absolute atomic E-state index is 0.0663. The Kier molecular flexibility index (Phi) is 5.95. The lowest BCUT2D eigenvalue weighted by Gasteiger charge is -2.21. The number of sulfonamides is 3. The van der Waals surface area contributed by atoms with Crippen molar-refractivity contribution in [1.82, 2.24) is 0 Å². The Balaban J connectivity index is 2.45. The van der Waals surface area contributed by atoms with Crippen LogP contribution >= 0.6 is 15.9 Å². The van der Waals surface area contributed by atoms with Gasteiger partial charge in [-0.3, -0.25) is 4.72 Å². The van der Waals surface area contributed by atoms with Gasteiger partial charge in [-0.25, -0.2) is 25.3 Å². The summed E-state index contributed by atoms with van der Waals surface area (Å²) < 4.78 is 75.2. The molecule has 0 fully saturated rings.